The van der Waals surface area contributed by atoms with Gasteiger partial charge in [-0.25, -0.2) is 0 Å². The maximum atomic E-state index is 10.4. The lowest BCUT2D eigenvalue weighted by molar-refractivity contribution is -0.116. The minimum absolute atomic E-state index is 0.0584. The van der Waals surface area contributed by atoms with E-state index in [0.717, 1.165) is 17.3 Å². The first-order valence-corrected chi connectivity index (χ1v) is 7.80. The zero-order valence-corrected chi connectivity index (χ0v) is 13.0. The van der Waals surface area contributed by atoms with Crippen molar-refractivity contribution in [3.05, 3.63) is 29.8 Å². The number of carbonyl (C=O) groups is 1. The molecule has 0 aliphatic carbocycles. The van der Waals surface area contributed by atoms with Crippen molar-refractivity contribution in [3.8, 4) is 5.75 Å². The fourth-order valence-corrected chi connectivity index (χ4v) is 2.29. The summed E-state index contributed by atoms with van der Waals surface area (Å²) in [5.41, 5.74) is 1.26. The first-order valence-electron chi connectivity index (χ1n) is 6.27. The van der Waals surface area contributed by atoms with E-state index in [9.17, 15) is 4.79 Å². The van der Waals surface area contributed by atoms with Crippen LogP contribution in [0.25, 0.3) is 0 Å². The number of hydrogen-bond acceptors (Lipinski definition) is 5. The smallest absolute Gasteiger partial charge is 0.247 e. The Hall–Kier alpha value is -0.750. The third-order valence-electron chi connectivity index (χ3n) is 2.39. The molecule has 6 heteroatoms. The molecule has 112 valence electrons. The van der Waals surface area contributed by atoms with Gasteiger partial charge < -0.3 is 14.2 Å². The van der Waals surface area contributed by atoms with Gasteiger partial charge in [-0.15, -0.1) is 0 Å². The minimum Gasteiger partial charge on any atom is -0.497 e. The van der Waals surface area contributed by atoms with E-state index in [2.05, 4.69) is 12.1 Å². The van der Waals surface area contributed by atoms with Crippen LogP contribution in [-0.2, 0) is 20.0 Å². The number of benzene rings is 1. The Morgan fingerprint density at radius 2 is 1.85 bits per heavy atom. The SMILES string of the molecule is COc1ccc(CSCCOCCOCC(=O)Cl)cc1. The predicted molar refractivity (Wildman–Crippen MR) is 81.7 cm³/mol. The quantitative estimate of drug-likeness (QED) is 0.464. The van der Waals surface area contributed by atoms with Crippen LogP contribution in [0, 0.1) is 0 Å². The van der Waals surface area contributed by atoms with E-state index in [-0.39, 0.29) is 6.61 Å². The second kappa shape index (κ2) is 11.0. The lowest BCUT2D eigenvalue weighted by Crippen LogP contribution is -2.09. The van der Waals surface area contributed by atoms with Gasteiger partial charge in [0.1, 0.15) is 12.4 Å². The van der Waals surface area contributed by atoms with Gasteiger partial charge >= 0.3 is 0 Å². The highest BCUT2D eigenvalue weighted by molar-refractivity contribution is 7.98. The van der Waals surface area contributed by atoms with Crippen molar-refractivity contribution in [3.63, 3.8) is 0 Å². The van der Waals surface area contributed by atoms with Gasteiger partial charge in [-0.05, 0) is 29.3 Å². The molecule has 0 heterocycles. The molecule has 0 fully saturated rings. The van der Waals surface area contributed by atoms with Gasteiger partial charge in [0.25, 0.3) is 0 Å². The molecule has 0 aliphatic heterocycles. The van der Waals surface area contributed by atoms with Crippen LogP contribution in [0.15, 0.2) is 24.3 Å². The van der Waals surface area contributed by atoms with Crippen molar-refractivity contribution in [2.24, 2.45) is 0 Å². The molecular formula is C14H19ClO4S. The Morgan fingerprint density at radius 3 is 2.50 bits per heavy atom. The molecular weight excluding hydrogens is 300 g/mol. The second-order valence-electron chi connectivity index (χ2n) is 3.92. The Bertz CT molecular complexity index is 383. The van der Waals surface area contributed by atoms with Gasteiger partial charge in [0.2, 0.25) is 5.24 Å². The summed E-state index contributed by atoms with van der Waals surface area (Å²) < 4.78 is 15.4. The van der Waals surface area contributed by atoms with Crippen molar-refractivity contribution in [1.82, 2.24) is 0 Å². The fourth-order valence-electron chi connectivity index (χ4n) is 1.40. The van der Waals surface area contributed by atoms with Crippen LogP contribution in [0.4, 0.5) is 0 Å². The third-order valence-corrected chi connectivity index (χ3v) is 3.49. The number of methoxy groups -OCH3 is 1. The largest absolute Gasteiger partial charge is 0.497 e. The van der Waals surface area contributed by atoms with Crippen molar-refractivity contribution < 1.29 is 19.0 Å². The summed E-state index contributed by atoms with van der Waals surface area (Å²) in [7, 11) is 1.66. The zero-order valence-electron chi connectivity index (χ0n) is 11.5. The summed E-state index contributed by atoms with van der Waals surface area (Å²) in [6.45, 7) is 1.48. The van der Waals surface area contributed by atoms with Crippen molar-refractivity contribution >= 4 is 28.6 Å². The number of halogens is 1. The first-order chi connectivity index (χ1) is 9.72. The molecule has 0 saturated heterocycles. The topological polar surface area (TPSA) is 44.8 Å². The van der Waals surface area contributed by atoms with Crippen molar-refractivity contribution in [2.75, 3.05) is 39.3 Å². The maximum absolute atomic E-state index is 10.4. The van der Waals surface area contributed by atoms with Gasteiger partial charge in [-0.1, -0.05) is 12.1 Å². The summed E-state index contributed by atoms with van der Waals surface area (Å²) in [5, 5.41) is -0.486. The summed E-state index contributed by atoms with van der Waals surface area (Å²) in [4.78, 5) is 10.4. The van der Waals surface area contributed by atoms with E-state index in [0.29, 0.717) is 19.8 Å². The van der Waals surface area contributed by atoms with E-state index in [4.69, 9.17) is 25.8 Å². The van der Waals surface area contributed by atoms with Gasteiger partial charge in [0, 0.05) is 11.5 Å². The lowest BCUT2D eigenvalue weighted by atomic mass is 10.2. The average molecular weight is 319 g/mol. The molecule has 1 aromatic rings. The number of thioether (sulfide) groups is 1. The molecule has 1 rings (SSSR count). The first kappa shape index (κ1) is 17.3. The molecule has 0 aromatic heterocycles. The lowest BCUT2D eigenvalue weighted by Gasteiger charge is -2.05. The summed E-state index contributed by atoms with van der Waals surface area (Å²) in [5.74, 6) is 2.74. The Morgan fingerprint density at radius 1 is 1.15 bits per heavy atom. The van der Waals surface area contributed by atoms with E-state index >= 15 is 0 Å². The van der Waals surface area contributed by atoms with Gasteiger partial charge in [0.15, 0.2) is 0 Å². The normalized spacial score (nSPS) is 10.5. The fraction of sp³-hybridized carbons (Fsp3) is 0.500. The average Bonchev–Trinajstić information content (AvgIpc) is 2.46. The molecule has 0 bridgehead atoms. The highest BCUT2D eigenvalue weighted by atomic mass is 35.5. The highest BCUT2D eigenvalue weighted by Gasteiger charge is 1.97. The molecule has 0 amide bonds. The number of hydrogen-bond donors (Lipinski definition) is 0. The van der Waals surface area contributed by atoms with Crippen LogP contribution in [0.3, 0.4) is 0 Å². The zero-order chi connectivity index (χ0) is 14.6. The minimum atomic E-state index is -0.486. The Labute approximate surface area is 128 Å². The maximum Gasteiger partial charge on any atom is 0.247 e. The predicted octanol–water partition coefficient (Wildman–Crippen LogP) is 2.73. The van der Waals surface area contributed by atoms with Gasteiger partial charge in [0.05, 0.1) is 26.9 Å². The molecule has 0 saturated carbocycles. The van der Waals surface area contributed by atoms with Crippen LogP contribution >= 0.6 is 23.4 Å². The van der Waals surface area contributed by atoms with E-state index in [1.165, 1.54) is 5.56 Å². The van der Waals surface area contributed by atoms with Gasteiger partial charge in [-0.2, -0.15) is 11.8 Å². The standard InChI is InChI=1S/C14H19ClO4S/c1-17-13-4-2-12(3-5-13)11-20-9-8-18-6-7-19-10-14(15)16/h2-5H,6-11H2,1H3. The molecule has 0 spiro atoms. The number of rotatable bonds is 11. The molecule has 0 N–H and O–H groups in total. The molecule has 0 aliphatic rings. The third kappa shape index (κ3) is 8.43. The van der Waals surface area contributed by atoms with Crippen LogP contribution in [-0.4, -0.2) is 44.5 Å². The summed E-state index contributed by atoms with van der Waals surface area (Å²) in [6, 6.07) is 8.04. The van der Waals surface area contributed by atoms with Crippen molar-refractivity contribution in [2.45, 2.75) is 5.75 Å². The van der Waals surface area contributed by atoms with Crippen LogP contribution in [0.5, 0.6) is 5.75 Å². The van der Waals surface area contributed by atoms with Crippen LogP contribution in [0.1, 0.15) is 5.56 Å². The Balaban J connectivity index is 1.95. The summed E-state index contributed by atoms with van der Waals surface area (Å²) >= 11 is 6.93. The molecule has 0 radical (unpaired) electrons. The highest BCUT2D eigenvalue weighted by Crippen LogP contribution is 2.16. The number of ether oxygens (including phenoxy) is 3. The number of carbonyl (C=O) groups excluding carboxylic acids is 1. The van der Waals surface area contributed by atoms with E-state index in [1.54, 1.807) is 18.9 Å². The second-order valence-corrected chi connectivity index (χ2v) is 5.45. The molecule has 0 atom stereocenters. The van der Waals surface area contributed by atoms with E-state index < -0.39 is 5.24 Å². The molecule has 0 unspecified atom stereocenters. The molecule has 20 heavy (non-hydrogen) atoms. The molecule has 4 nitrogen and oxygen atoms in total. The monoisotopic (exact) mass is 318 g/mol. The van der Waals surface area contributed by atoms with E-state index in [1.807, 2.05) is 12.1 Å². The van der Waals surface area contributed by atoms with Crippen LogP contribution < -0.4 is 4.74 Å². The summed E-state index contributed by atoms with van der Waals surface area (Å²) in [6.07, 6.45) is 0. The van der Waals surface area contributed by atoms with Crippen molar-refractivity contribution in [1.29, 1.82) is 0 Å². The Kier molecular flexibility index (Phi) is 9.49. The molecule has 1 aromatic carbocycles. The van der Waals surface area contributed by atoms with Crippen LogP contribution in [0.2, 0.25) is 0 Å². The van der Waals surface area contributed by atoms with Gasteiger partial charge in [-0.3, -0.25) is 4.79 Å².